The fourth-order valence-corrected chi connectivity index (χ4v) is 2.18. The van der Waals surface area contributed by atoms with Gasteiger partial charge in [0.05, 0.1) is 7.11 Å². The summed E-state index contributed by atoms with van der Waals surface area (Å²) in [5.74, 6) is 0.709. The van der Waals surface area contributed by atoms with E-state index in [0.717, 1.165) is 22.3 Å². The van der Waals surface area contributed by atoms with Crippen molar-refractivity contribution in [1.29, 1.82) is 0 Å². The summed E-state index contributed by atoms with van der Waals surface area (Å²) in [6.45, 7) is 3.94. The summed E-state index contributed by atoms with van der Waals surface area (Å²) in [5.41, 5.74) is -0.358. The lowest BCUT2D eigenvalue weighted by Crippen LogP contribution is -2.32. The number of rotatable bonds is 6. The topological polar surface area (TPSA) is 71.5 Å². The van der Waals surface area contributed by atoms with Gasteiger partial charge in [-0.1, -0.05) is 6.07 Å². The van der Waals surface area contributed by atoms with Crippen molar-refractivity contribution in [2.45, 2.75) is 32.2 Å². The predicted molar refractivity (Wildman–Crippen MR) is 82.9 cm³/mol. The number of ether oxygens (including phenoxy) is 1. The number of carboxylic acid groups (broad SMARTS) is 1. The van der Waals surface area contributed by atoms with Crippen LogP contribution in [0.3, 0.4) is 0 Å². The first kappa shape index (κ1) is 15.1. The molecule has 2 rings (SSSR count). The van der Waals surface area contributed by atoms with Crippen molar-refractivity contribution in [2.24, 2.45) is 0 Å². The van der Waals surface area contributed by atoms with Crippen molar-refractivity contribution in [2.75, 3.05) is 12.4 Å². The maximum atomic E-state index is 10.7. The maximum Gasteiger partial charge on any atom is 0.303 e. The molecule has 0 fully saturated rings. The van der Waals surface area contributed by atoms with Crippen LogP contribution in [0.5, 0.6) is 5.75 Å². The van der Waals surface area contributed by atoms with Gasteiger partial charge in [-0.15, -0.1) is 0 Å². The molecule has 0 unspecified atom stereocenters. The Morgan fingerprint density at radius 2 is 2.14 bits per heavy atom. The third-order valence-corrected chi connectivity index (χ3v) is 3.39. The average Bonchev–Trinajstić information content (AvgIpc) is 2.45. The minimum Gasteiger partial charge on any atom is -0.497 e. The first-order chi connectivity index (χ1) is 9.91. The van der Waals surface area contributed by atoms with Crippen molar-refractivity contribution < 1.29 is 14.6 Å². The largest absolute Gasteiger partial charge is 0.497 e. The standard InChI is InChI=1S/C16H20N2O3/c1-16(2,8-6-14(19)20)18-15-13-10-12(21-3)5-4-11(13)7-9-17-15/h4-5,7,9-10H,6,8H2,1-3H3,(H,17,18)(H,19,20). The summed E-state index contributed by atoms with van der Waals surface area (Å²) in [5, 5.41) is 14.2. The monoisotopic (exact) mass is 288 g/mol. The summed E-state index contributed by atoms with van der Waals surface area (Å²) in [7, 11) is 1.63. The fourth-order valence-electron chi connectivity index (χ4n) is 2.18. The number of nitrogens with zero attached hydrogens (tertiary/aromatic N) is 1. The van der Waals surface area contributed by atoms with Crippen LogP contribution in [0, 0.1) is 0 Å². The van der Waals surface area contributed by atoms with Crippen molar-refractivity contribution >= 4 is 22.6 Å². The highest BCUT2D eigenvalue weighted by molar-refractivity contribution is 5.93. The number of aromatic nitrogens is 1. The zero-order chi connectivity index (χ0) is 15.5. The molecule has 0 spiro atoms. The Labute approximate surface area is 124 Å². The van der Waals surface area contributed by atoms with E-state index in [9.17, 15) is 4.79 Å². The molecule has 1 heterocycles. The second kappa shape index (κ2) is 5.99. The van der Waals surface area contributed by atoms with Gasteiger partial charge in [0.2, 0.25) is 0 Å². The number of methoxy groups -OCH3 is 1. The summed E-state index contributed by atoms with van der Waals surface area (Å²) in [6, 6.07) is 7.75. The van der Waals surface area contributed by atoms with E-state index >= 15 is 0 Å². The molecule has 0 aliphatic rings. The first-order valence-electron chi connectivity index (χ1n) is 6.84. The van der Waals surface area contributed by atoms with Crippen molar-refractivity contribution in [3.63, 3.8) is 0 Å². The van der Waals surface area contributed by atoms with Crippen molar-refractivity contribution in [3.05, 3.63) is 30.5 Å². The molecule has 5 heteroatoms. The van der Waals surface area contributed by atoms with Crippen LogP contribution in [0.15, 0.2) is 30.5 Å². The van der Waals surface area contributed by atoms with Crippen LogP contribution in [0.4, 0.5) is 5.82 Å². The molecule has 0 amide bonds. The molecule has 112 valence electrons. The van der Waals surface area contributed by atoms with E-state index in [2.05, 4.69) is 10.3 Å². The summed E-state index contributed by atoms with van der Waals surface area (Å²) < 4.78 is 5.25. The van der Waals surface area contributed by atoms with Gasteiger partial charge in [-0.05, 0) is 43.9 Å². The Hall–Kier alpha value is -2.30. The number of carbonyl (C=O) groups is 1. The van der Waals surface area contributed by atoms with Crippen LogP contribution >= 0.6 is 0 Å². The van der Waals surface area contributed by atoms with Gasteiger partial charge in [0.15, 0.2) is 0 Å². The third-order valence-electron chi connectivity index (χ3n) is 3.39. The quantitative estimate of drug-likeness (QED) is 0.853. The highest BCUT2D eigenvalue weighted by Gasteiger charge is 2.20. The first-order valence-corrected chi connectivity index (χ1v) is 6.84. The smallest absolute Gasteiger partial charge is 0.303 e. The lowest BCUT2D eigenvalue weighted by molar-refractivity contribution is -0.137. The molecular weight excluding hydrogens is 268 g/mol. The normalized spacial score (nSPS) is 11.4. The summed E-state index contributed by atoms with van der Waals surface area (Å²) in [6.07, 6.45) is 2.38. The highest BCUT2D eigenvalue weighted by atomic mass is 16.5. The Morgan fingerprint density at radius 1 is 1.38 bits per heavy atom. The molecule has 2 N–H and O–H groups in total. The number of hydrogen-bond acceptors (Lipinski definition) is 4. The van der Waals surface area contributed by atoms with E-state index in [4.69, 9.17) is 9.84 Å². The molecular formula is C16H20N2O3. The van der Waals surface area contributed by atoms with Gasteiger partial charge >= 0.3 is 5.97 Å². The summed E-state index contributed by atoms with van der Waals surface area (Å²) in [4.78, 5) is 15.1. The average molecular weight is 288 g/mol. The van der Waals surface area contributed by atoms with Gasteiger partial charge in [-0.3, -0.25) is 4.79 Å². The maximum absolute atomic E-state index is 10.7. The molecule has 0 atom stereocenters. The second-order valence-electron chi connectivity index (χ2n) is 5.65. The minimum absolute atomic E-state index is 0.119. The number of anilines is 1. The highest BCUT2D eigenvalue weighted by Crippen LogP contribution is 2.28. The number of fused-ring (bicyclic) bond motifs is 1. The number of aliphatic carboxylic acids is 1. The fraction of sp³-hybridized carbons (Fsp3) is 0.375. The lowest BCUT2D eigenvalue weighted by Gasteiger charge is -2.27. The second-order valence-corrected chi connectivity index (χ2v) is 5.65. The van der Waals surface area contributed by atoms with Crippen LogP contribution in [0.25, 0.3) is 10.8 Å². The van der Waals surface area contributed by atoms with Gasteiger partial charge in [0.1, 0.15) is 11.6 Å². The molecule has 0 radical (unpaired) electrons. The van der Waals surface area contributed by atoms with E-state index in [1.165, 1.54) is 0 Å². The van der Waals surface area contributed by atoms with E-state index < -0.39 is 5.97 Å². The van der Waals surface area contributed by atoms with Gasteiger partial charge < -0.3 is 15.2 Å². The molecule has 21 heavy (non-hydrogen) atoms. The number of benzene rings is 1. The van der Waals surface area contributed by atoms with Crippen LogP contribution in [0.1, 0.15) is 26.7 Å². The molecule has 2 aromatic rings. The molecule has 0 saturated heterocycles. The molecule has 0 saturated carbocycles. The minimum atomic E-state index is -0.794. The van der Waals surface area contributed by atoms with E-state index in [-0.39, 0.29) is 12.0 Å². The Kier molecular flexibility index (Phi) is 4.31. The van der Waals surface area contributed by atoms with Crippen molar-refractivity contribution in [3.8, 4) is 5.75 Å². The Balaban J connectivity index is 2.30. The Morgan fingerprint density at radius 3 is 2.81 bits per heavy atom. The molecule has 0 bridgehead atoms. The third kappa shape index (κ3) is 3.84. The van der Waals surface area contributed by atoms with Gasteiger partial charge in [-0.2, -0.15) is 0 Å². The SMILES string of the molecule is COc1ccc2ccnc(NC(C)(C)CCC(=O)O)c2c1. The molecule has 0 aliphatic carbocycles. The van der Waals surface area contributed by atoms with Gasteiger partial charge in [0.25, 0.3) is 0 Å². The molecule has 5 nitrogen and oxygen atoms in total. The molecule has 0 aliphatic heterocycles. The predicted octanol–water partition coefficient (Wildman–Crippen LogP) is 3.30. The van der Waals surface area contributed by atoms with Crippen LogP contribution < -0.4 is 10.1 Å². The van der Waals surface area contributed by atoms with Crippen molar-refractivity contribution in [1.82, 2.24) is 4.98 Å². The van der Waals surface area contributed by atoms with E-state index in [0.29, 0.717) is 6.42 Å². The number of nitrogens with one attached hydrogen (secondary N) is 1. The summed E-state index contributed by atoms with van der Waals surface area (Å²) >= 11 is 0. The number of hydrogen-bond donors (Lipinski definition) is 2. The van der Waals surface area contributed by atoms with Crippen LogP contribution in [-0.4, -0.2) is 28.7 Å². The van der Waals surface area contributed by atoms with Gasteiger partial charge in [0, 0.05) is 23.5 Å². The van der Waals surface area contributed by atoms with Crippen LogP contribution in [0.2, 0.25) is 0 Å². The van der Waals surface area contributed by atoms with Crippen LogP contribution in [-0.2, 0) is 4.79 Å². The zero-order valence-electron chi connectivity index (χ0n) is 12.5. The van der Waals surface area contributed by atoms with E-state index in [1.807, 2.05) is 38.1 Å². The molecule has 1 aromatic heterocycles. The van der Waals surface area contributed by atoms with E-state index in [1.54, 1.807) is 13.3 Å². The molecule has 1 aromatic carbocycles. The number of pyridine rings is 1. The zero-order valence-corrected chi connectivity index (χ0v) is 12.5. The Bertz CT molecular complexity index is 653. The van der Waals surface area contributed by atoms with Gasteiger partial charge in [-0.25, -0.2) is 4.98 Å². The number of carboxylic acids is 1. The lowest BCUT2D eigenvalue weighted by atomic mass is 9.98.